The molecule has 0 radical (unpaired) electrons. The molecule has 4 nitrogen and oxygen atoms in total. The van der Waals surface area contributed by atoms with Crippen molar-refractivity contribution in [1.82, 2.24) is 0 Å². The lowest BCUT2D eigenvalue weighted by atomic mass is 10.2. The fourth-order valence-electron chi connectivity index (χ4n) is 1.34. The molecule has 0 heterocycles. The number of hydrogen-bond donors (Lipinski definition) is 1. The summed E-state index contributed by atoms with van der Waals surface area (Å²) in [6.45, 7) is 3.85. The molecule has 1 rings (SSSR count). The van der Waals surface area contributed by atoms with Crippen LogP contribution in [0.5, 0.6) is 5.75 Å². The van der Waals surface area contributed by atoms with Crippen LogP contribution in [0.2, 0.25) is 0 Å². The predicted octanol–water partition coefficient (Wildman–Crippen LogP) is 2.59. The molecule has 0 saturated carbocycles. The summed E-state index contributed by atoms with van der Waals surface area (Å²) in [5.41, 5.74) is 0.796. The standard InChI is InChI=1S/C14H18O4/c1-2-8-17-9-10-18-13-5-3-4-12(11-13)6-7-14(15)16/h3-7,11H,2,8-10H2,1H3,(H,15,16). The molecule has 0 amide bonds. The van der Waals surface area contributed by atoms with Crippen molar-refractivity contribution in [3.05, 3.63) is 35.9 Å². The topological polar surface area (TPSA) is 55.8 Å². The summed E-state index contributed by atoms with van der Waals surface area (Å²) in [5.74, 6) is -0.253. The first-order chi connectivity index (χ1) is 8.72. The number of rotatable bonds is 8. The molecule has 0 atom stereocenters. The maximum atomic E-state index is 10.4. The minimum atomic E-state index is -0.964. The molecule has 0 unspecified atom stereocenters. The van der Waals surface area contributed by atoms with Gasteiger partial charge in [-0.25, -0.2) is 4.79 Å². The fraction of sp³-hybridized carbons (Fsp3) is 0.357. The number of hydrogen-bond acceptors (Lipinski definition) is 3. The Morgan fingerprint density at radius 2 is 2.17 bits per heavy atom. The normalized spacial score (nSPS) is 10.7. The van der Waals surface area contributed by atoms with Gasteiger partial charge in [0.1, 0.15) is 12.4 Å². The summed E-state index contributed by atoms with van der Waals surface area (Å²) in [6.07, 6.45) is 3.63. The largest absolute Gasteiger partial charge is 0.491 e. The average Bonchev–Trinajstić information content (AvgIpc) is 2.37. The molecule has 1 aromatic rings. The molecule has 0 aromatic heterocycles. The maximum Gasteiger partial charge on any atom is 0.328 e. The zero-order chi connectivity index (χ0) is 13.2. The number of carbonyl (C=O) groups is 1. The van der Waals surface area contributed by atoms with E-state index in [2.05, 4.69) is 6.92 Å². The van der Waals surface area contributed by atoms with Gasteiger partial charge in [-0.3, -0.25) is 0 Å². The average molecular weight is 250 g/mol. The van der Waals surface area contributed by atoms with Gasteiger partial charge < -0.3 is 14.6 Å². The molecule has 0 aliphatic rings. The van der Waals surface area contributed by atoms with E-state index in [0.717, 1.165) is 24.7 Å². The summed E-state index contributed by atoms with van der Waals surface area (Å²) < 4.78 is 10.8. The van der Waals surface area contributed by atoms with Crippen molar-refractivity contribution in [3.63, 3.8) is 0 Å². The van der Waals surface area contributed by atoms with E-state index in [4.69, 9.17) is 14.6 Å². The molecule has 4 heteroatoms. The number of benzene rings is 1. The van der Waals surface area contributed by atoms with Gasteiger partial charge in [0.2, 0.25) is 0 Å². The first-order valence-corrected chi connectivity index (χ1v) is 5.94. The Balaban J connectivity index is 2.42. The van der Waals surface area contributed by atoms with Crippen LogP contribution in [0.4, 0.5) is 0 Å². The van der Waals surface area contributed by atoms with E-state index in [0.29, 0.717) is 19.0 Å². The van der Waals surface area contributed by atoms with Crippen LogP contribution < -0.4 is 4.74 Å². The number of ether oxygens (including phenoxy) is 2. The summed E-state index contributed by atoms with van der Waals surface area (Å²) in [6, 6.07) is 7.26. The zero-order valence-corrected chi connectivity index (χ0v) is 10.5. The van der Waals surface area contributed by atoms with Gasteiger partial charge in [-0.05, 0) is 30.2 Å². The van der Waals surface area contributed by atoms with Crippen LogP contribution in [0.3, 0.4) is 0 Å². The van der Waals surface area contributed by atoms with Crippen LogP contribution in [-0.4, -0.2) is 30.9 Å². The van der Waals surface area contributed by atoms with E-state index in [1.54, 1.807) is 6.07 Å². The third-order valence-corrected chi connectivity index (χ3v) is 2.12. The fourth-order valence-corrected chi connectivity index (χ4v) is 1.34. The Labute approximate surface area is 107 Å². The molecule has 0 spiro atoms. The lowest BCUT2D eigenvalue weighted by Gasteiger charge is -2.07. The predicted molar refractivity (Wildman–Crippen MR) is 69.7 cm³/mol. The first-order valence-electron chi connectivity index (χ1n) is 5.94. The minimum Gasteiger partial charge on any atom is -0.491 e. The van der Waals surface area contributed by atoms with Crippen LogP contribution in [0.1, 0.15) is 18.9 Å². The Kier molecular flexibility index (Phi) is 6.58. The second-order valence-corrected chi connectivity index (χ2v) is 3.70. The highest BCUT2D eigenvalue weighted by Crippen LogP contribution is 2.14. The second kappa shape index (κ2) is 8.31. The zero-order valence-electron chi connectivity index (χ0n) is 10.5. The van der Waals surface area contributed by atoms with Crippen molar-refractivity contribution in [1.29, 1.82) is 0 Å². The smallest absolute Gasteiger partial charge is 0.328 e. The van der Waals surface area contributed by atoms with Crippen molar-refractivity contribution in [2.75, 3.05) is 19.8 Å². The molecule has 1 N–H and O–H groups in total. The lowest BCUT2D eigenvalue weighted by molar-refractivity contribution is -0.131. The van der Waals surface area contributed by atoms with E-state index in [1.807, 2.05) is 18.2 Å². The molecule has 0 bridgehead atoms. The van der Waals surface area contributed by atoms with E-state index in [-0.39, 0.29) is 0 Å². The van der Waals surface area contributed by atoms with Crippen molar-refractivity contribution in [2.45, 2.75) is 13.3 Å². The lowest BCUT2D eigenvalue weighted by Crippen LogP contribution is -2.07. The van der Waals surface area contributed by atoms with Crippen molar-refractivity contribution < 1.29 is 19.4 Å². The summed E-state index contributed by atoms with van der Waals surface area (Å²) in [7, 11) is 0. The Bertz CT molecular complexity index is 399. The first kappa shape index (κ1) is 14.3. The highest BCUT2D eigenvalue weighted by Gasteiger charge is 1.95. The van der Waals surface area contributed by atoms with Gasteiger partial charge in [0.05, 0.1) is 6.61 Å². The summed E-state index contributed by atoms with van der Waals surface area (Å²) in [5, 5.41) is 8.53. The minimum absolute atomic E-state index is 0.492. The van der Waals surface area contributed by atoms with Gasteiger partial charge in [-0.1, -0.05) is 19.1 Å². The molecule has 0 aliphatic heterocycles. The van der Waals surface area contributed by atoms with Crippen LogP contribution in [0.15, 0.2) is 30.3 Å². The molecule has 1 aromatic carbocycles. The number of carboxylic acid groups (broad SMARTS) is 1. The van der Waals surface area contributed by atoms with E-state index in [9.17, 15) is 4.79 Å². The van der Waals surface area contributed by atoms with Crippen molar-refractivity contribution in [2.24, 2.45) is 0 Å². The van der Waals surface area contributed by atoms with E-state index in [1.165, 1.54) is 6.08 Å². The van der Waals surface area contributed by atoms with Crippen LogP contribution in [0.25, 0.3) is 6.08 Å². The van der Waals surface area contributed by atoms with Crippen molar-refractivity contribution >= 4 is 12.0 Å². The van der Waals surface area contributed by atoms with Gasteiger partial charge in [-0.15, -0.1) is 0 Å². The highest BCUT2D eigenvalue weighted by molar-refractivity contribution is 5.85. The Morgan fingerprint density at radius 3 is 2.89 bits per heavy atom. The number of aliphatic carboxylic acids is 1. The quantitative estimate of drug-likeness (QED) is 0.569. The van der Waals surface area contributed by atoms with Gasteiger partial charge in [-0.2, -0.15) is 0 Å². The Hall–Kier alpha value is -1.81. The van der Waals surface area contributed by atoms with E-state index >= 15 is 0 Å². The van der Waals surface area contributed by atoms with Crippen LogP contribution >= 0.6 is 0 Å². The third kappa shape index (κ3) is 6.06. The third-order valence-electron chi connectivity index (χ3n) is 2.12. The molecule has 18 heavy (non-hydrogen) atoms. The van der Waals surface area contributed by atoms with Gasteiger partial charge in [0.25, 0.3) is 0 Å². The van der Waals surface area contributed by atoms with Crippen molar-refractivity contribution in [3.8, 4) is 5.75 Å². The van der Waals surface area contributed by atoms with Gasteiger partial charge in [0, 0.05) is 12.7 Å². The van der Waals surface area contributed by atoms with Gasteiger partial charge in [0.15, 0.2) is 0 Å². The molecular formula is C14H18O4. The molecular weight excluding hydrogens is 232 g/mol. The van der Waals surface area contributed by atoms with Crippen LogP contribution in [0, 0.1) is 0 Å². The SMILES string of the molecule is CCCOCCOc1cccc(C=CC(=O)O)c1. The van der Waals surface area contributed by atoms with Crippen LogP contribution in [-0.2, 0) is 9.53 Å². The second-order valence-electron chi connectivity index (χ2n) is 3.70. The Morgan fingerprint density at radius 1 is 1.33 bits per heavy atom. The summed E-state index contributed by atoms with van der Waals surface area (Å²) >= 11 is 0. The summed E-state index contributed by atoms with van der Waals surface area (Å²) in [4.78, 5) is 10.4. The molecule has 98 valence electrons. The monoisotopic (exact) mass is 250 g/mol. The number of carboxylic acids is 1. The van der Waals surface area contributed by atoms with E-state index < -0.39 is 5.97 Å². The molecule has 0 saturated heterocycles. The highest BCUT2D eigenvalue weighted by atomic mass is 16.5. The molecule has 0 aliphatic carbocycles. The maximum absolute atomic E-state index is 10.4. The molecule has 0 fully saturated rings. The van der Waals surface area contributed by atoms with Gasteiger partial charge >= 0.3 is 5.97 Å².